The molecule has 56 heavy (non-hydrogen) atoms. The molecule has 0 spiro atoms. The molecule has 11 rings (SSSR count). The third kappa shape index (κ3) is 4.84. The van der Waals surface area contributed by atoms with Gasteiger partial charge in [0.25, 0.3) is 0 Å². The topological polar surface area (TPSA) is 30.7 Å². The summed E-state index contributed by atoms with van der Waals surface area (Å²) in [6.07, 6.45) is 0. The van der Waals surface area contributed by atoms with Crippen molar-refractivity contribution in [2.75, 3.05) is 0 Å². The molecule has 8 aromatic carbocycles. The van der Waals surface area contributed by atoms with E-state index in [-0.39, 0.29) is 0 Å². The SMILES string of the molecule is c1ccc(-c2cccc(-c3cc(-c4ccccc4)nc(-n4c5ccccc5c5c6c(ccc54)C(c4ccccc4)(c4ccccc4)c4ccccc4-6)n3)c2)cc1. The highest BCUT2D eigenvalue weighted by atomic mass is 15.2. The molecule has 0 unspecified atom stereocenters. The van der Waals surface area contributed by atoms with Gasteiger partial charge in [0.1, 0.15) is 0 Å². The van der Waals surface area contributed by atoms with Crippen LogP contribution in [0.4, 0.5) is 0 Å². The molecule has 1 aliphatic rings. The van der Waals surface area contributed by atoms with Gasteiger partial charge in [-0.15, -0.1) is 0 Å². The number of hydrogen-bond acceptors (Lipinski definition) is 2. The first-order valence-corrected chi connectivity index (χ1v) is 19.2. The normalized spacial score (nSPS) is 12.8. The first-order chi connectivity index (χ1) is 27.8. The molecule has 10 aromatic rings. The Hall–Kier alpha value is -7.36. The Labute approximate surface area is 325 Å². The zero-order chi connectivity index (χ0) is 37.1. The lowest BCUT2D eigenvalue weighted by molar-refractivity contribution is 0.769. The molecule has 3 nitrogen and oxygen atoms in total. The van der Waals surface area contributed by atoms with Gasteiger partial charge in [0.2, 0.25) is 5.95 Å². The quantitative estimate of drug-likeness (QED) is 0.172. The number of fused-ring (bicyclic) bond motifs is 7. The smallest absolute Gasteiger partial charge is 0.235 e. The summed E-state index contributed by atoms with van der Waals surface area (Å²) in [4.78, 5) is 10.8. The van der Waals surface area contributed by atoms with E-state index >= 15 is 0 Å². The second kappa shape index (κ2) is 12.9. The van der Waals surface area contributed by atoms with E-state index in [0.717, 1.165) is 39.1 Å². The molecule has 0 N–H and O–H groups in total. The lowest BCUT2D eigenvalue weighted by atomic mass is 9.67. The summed E-state index contributed by atoms with van der Waals surface area (Å²) in [6.45, 7) is 0. The van der Waals surface area contributed by atoms with Crippen molar-refractivity contribution in [3.05, 3.63) is 235 Å². The summed E-state index contributed by atoms with van der Waals surface area (Å²) in [5, 5.41) is 2.38. The largest absolute Gasteiger partial charge is 0.278 e. The van der Waals surface area contributed by atoms with Gasteiger partial charge < -0.3 is 0 Å². The van der Waals surface area contributed by atoms with Crippen LogP contribution < -0.4 is 0 Å². The lowest BCUT2D eigenvalue weighted by Crippen LogP contribution is -2.28. The lowest BCUT2D eigenvalue weighted by Gasteiger charge is -2.33. The fraction of sp³-hybridized carbons (Fsp3) is 0.0189. The first kappa shape index (κ1) is 32.1. The van der Waals surface area contributed by atoms with E-state index in [1.54, 1.807) is 0 Å². The Morgan fingerprint density at radius 1 is 0.375 bits per heavy atom. The number of hydrogen-bond donors (Lipinski definition) is 0. The maximum Gasteiger partial charge on any atom is 0.235 e. The van der Waals surface area contributed by atoms with E-state index < -0.39 is 5.41 Å². The number of nitrogens with zero attached hydrogens (tertiary/aromatic N) is 3. The van der Waals surface area contributed by atoms with Crippen LogP contribution in [0, 0.1) is 0 Å². The van der Waals surface area contributed by atoms with Crippen LogP contribution in [0.15, 0.2) is 212 Å². The third-order valence-electron chi connectivity index (χ3n) is 11.5. The molecule has 3 heteroatoms. The van der Waals surface area contributed by atoms with Gasteiger partial charge in [0.15, 0.2) is 0 Å². The van der Waals surface area contributed by atoms with Crippen molar-refractivity contribution in [3.8, 4) is 50.7 Å². The van der Waals surface area contributed by atoms with Gasteiger partial charge in [-0.1, -0.05) is 188 Å². The summed E-state index contributed by atoms with van der Waals surface area (Å²) in [5.74, 6) is 0.640. The molecule has 0 amide bonds. The predicted octanol–water partition coefficient (Wildman–Crippen LogP) is 12.9. The van der Waals surface area contributed by atoms with E-state index in [0.29, 0.717) is 5.95 Å². The minimum atomic E-state index is -0.494. The van der Waals surface area contributed by atoms with Crippen molar-refractivity contribution in [1.29, 1.82) is 0 Å². The minimum Gasteiger partial charge on any atom is -0.278 e. The number of para-hydroxylation sites is 1. The molecule has 0 radical (unpaired) electrons. The molecule has 0 bridgehead atoms. The van der Waals surface area contributed by atoms with Gasteiger partial charge >= 0.3 is 0 Å². The van der Waals surface area contributed by atoms with Gasteiger partial charge in [0.05, 0.1) is 27.8 Å². The van der Waals surface area contributed by atoms with Crippen molar-refractivity contribution >= 4 is 21.8 Å². The zero-order valence-corrected chi connectivity index (χ0v) is 30.5. The van der Waals surface area contributed by atoms with E-state index in [9.17, 15) is 0 Å². The van der Waals surface area contributed by atoms with Crippen molar-refractivity contribution in [2.45, 2.75) is 5.41 Å². The van der Waals surface area contributed by atoms with E-state index in [4.69, 9.17) is 9.97 Å². The average Bonchev–Trinajstić information content (AvgIpc) is 3.78. The Bertz CT molecular complexity index is 3020. The van der Waals surface area contributed by atoms with Gasteiger partial charge in [-0.3, -0.25) is 4.57 Å². The van der Waals surface area contributed by atoms with Gasteiger partial charge in [0, 0.05) is 21.9 Å². The molecule has 0 aliphatic heterocycles. The van der Waals surface area contributed by atoms with E-state index in [1.165, 1.54) is 49.7 Å². The maximum atomic E-state index is 5.42. The van der Waals surface area contributed by atoms with Crippen molar-refractivity contribution in [2.24, 2.45) is 0 Å². The molecular formula is C53H35N3. The van der Waals surface area contributed by atoms with Crippen molar-refractivity contribution in [3.63, 3.8) is 0 Å². The number of benzene rings is 8. The highest BCUT2D eigenvalue weighted by Crippen LogP contribution is 2.58. The van der Waals surface area contributed by atoms with Crippen LogP contribution >= 0.6 is 0 Å². The summed E-state index contributed by atoms with van der Waals surface area (Å²) in [7, 11) is 0. The molecular weight excluding hydrogens is 679 g/mol. The Kier molecular flexibility index (Phi) is 7.39. The number of aromatic nitrogens is 3. The third-order valence-corrected chi connectivity index (χ3v) is 11.5. The standard InChI is InChI=1S/C53H35N3/c1-5-18-36(19-6-1)38-22-17-23-39(34-38)47-35-46(37-20-7-2-8-21-37)54-52(55-47)56-48-31-16-14-29-43(48)51-49(56)33-32-45-50(51)42-28-13-15-30-44(42)53(45,40-24-9-3-10-25-40)41-26-11-4-12-27-41/h1-35H. The van der Waals surface area contributed by atoms with Crippen LogP contribution in [-0.4, -0.2) is 14.5 Å². The van der Waals surface area contributed by atoms with E-state index in [2.05, 4.69) is 211 Å². The molecule has 1 aliphatic carbocycles. The zero-order valence-electron chi connectivity index (χ0n) is 30.5. The van der Waals surface area contributed by atoms with Crippen LogP contribution in [0.1, 0.15) is 22.3 Å². The highest BCUT2D eigenvalue weighted by Gasteiger charge is 2.47. The van der Waals surface area contributed by atoms with Gasteiger partial charge in [-0.05, 0) is 68.8 Å². The molecule has 2 aromatic heterocycles. The summed E-state index contributed by atoms with van der Waals surface area (Å²) in [6, 6.07) is 76.1. The molecule has 0 saturated carbocycles. The molecule has 0 saturated heterocycles. The molecule has 2 heterocycles. The fourth-order valence-corrected chi connectivity index (χ4v) is 9.13. The Balaban J connectivity index is 1.21. The first-order valence-electron chi connectivity index (χ1n) is 19.2. The summed E-state index contributed by atoms with van der Waals surface area (Å²) < 4.78 is 2.27. The van der Waals surface area contributed by atoms with Gasteiger partial charge in [-0.2, -0.15) is 0 Å². The van der Waals surface area contributed by atoms with Crippen molar-refractivity contribution < 1.29 is 0 Å². The van der Waals surface area contributed by atoms with Crippen molar-refractivity contribution in [1.82, 2.24) is 14.5 Å². The van der Waals surface area contributed by atoms with Crippen LogP contribution in [0.25, 0.3) is 72.5 Å². The summed E-state index contributed by atoms with van der Waals surface area (Å²) in [5.41, 5.74) is 15.4. The molecule has 0 atom stereocenters. The van der Waals surface area contributed by atoms with Crippen LogP contribution in [-0.2, 0) is 5.41 Å². The van der Waals surface area contributed by atoms with E-state index in [1.807, 2.05) is 6.07 Å². The highest BCUT2D eigenvalue weighted by molar-refractivity contribution is 6.18. The second-order valence-electron chi connectivity index (χ2n) is 14.5. The monoisotopic (exact) mass is 713 g/mol. The Morgan fingerprint density at radius 2 is 0.929 bits per heavy atom. The van der Waals surface area contributed by atoms with Gasteiger partial charge in [-0.25, -0.2) is 9.97 Å². The Morgan fingerprint density at radius 3 is 1.64 bits per heavy atom. The predicted molar refractivity (Wildman–Crippen MR) is 230 cm³/mol. The summed E-state index contributed by atoms with van der Waals surface area (Å²) >= 11 is 0. The molecule has 262 valence electrons. The maximum absolute atomic E-state index is 5.42. The minimum absolute atomic E-state index is 0.494. The number of rotatable bonds is 6. The van der Waals surface area contributed by atoms with Crippen LogP contribution in [0.2, 0.25) is 0 Å². The second-order valence-corrected chi connectivity index (χ2v) is 14.5. The fourth-order valence-electron chi connectivity index (χ4n) is 9.13. The van der Waals surface area contributed by atoms with Crippen LogP contribution in [0.3, 0.4) is 0 Å². The average molecular weight is 714 g/mol. The molecule has 0 fully saturated rings. The van der Waals surface area contributed by atoms with Crippen LogP contribution in [0.5, 0.6) is 0 Å².